The Labute approximate surface area is 228 Å². The summed E-state index contributed by atoms with van der Waals surface area (Å²) in [6.45, 7) is 3.04. The Balaban J connectivity index is 1.54. The van der Waals surface area contributed by atoms with Crippen LogP contribution in [-0.4, -0.2) is 46.6 Å². The van der Waals surface area contributed by atoms with Gasteiger partial charge in [0.15, 0.2) is 0 Å². The normalized spacial score (nSPS) is 18.8. The molecule has 0 radical (unpaired) electrons. The Morgan fingerprint density at radius 1 is 1.05 bits per heavy atom. The van der Waals surface area contributed by atoms with Crippen molar-refractivity contribution < 1.29 is 23.3 Å². The van der Waals surface area contributed by atoms with Crippen molar-refractivity contribution in [1.29, 1.82) is 0 Å². The maximum atomic E-state index is 13.8. The number of fused-ring (bicyclic) bond motifs is 2. The van der Waals surface area contributed by atoms with Crippen LogP contribution in [0.1, 0.15) is 46.0 Å². The number of rotatable bonds is 5. The molecule has 1 fully saturated rings. The van der Waals surface area contributed by atoms with E-state index in [1.165, 1.54) is 0 Å². The van der Waals surface area contributed by atoms with E-state index in [1.54, 1.807) is 71.3 Å². The van der Waals surface area contributed by atoms with Gasteiger partial charge in [-0.2, -0.15) is 0 Å². The summed E-state index contributed by atoms with van der Waals surface area (Å²) in [6, 6.07) is 19.0. The lowest BCUT2D eigenvalue weighted by Crippen LogP contribution is -2.43. The van der Waals surface area contributed by atoms with Gasteiger partial charge in [0.2, 0.25) is 0 Å². The molecule has 1 saturated heterocycles. The highest BCUT2D eigenvalue weighted by atomic mass is 35.5. The van der Waals surface area contributed by atoms with Gasteiger partial charge in [0.25, 0.3) is 11.8 Å². The molecule has 196 valence electrons. The predicted molar refractivity (Wildman–Crippen MR) is 145 cm³/mol. The lowest BCUT2D eigenvalue weighted by molar-refractivity contribution is -0.149. The van der Waals surface area contributed by atoms with Crippen LogP contribution in [0, 0.1) is 5.92 Å². The van der Waals surface area contributed by atoms with Crippen LogP contribution in [0.4, 0.5) is 5.69 Å². The predicted octanol–water partition coefficient (Wildman–Crippen LogP) is 5.08. The number of carbonyl (C=O) groups excluding carboxylic acids is 3. The fourth-order valence-electron chi connectivity index (χ4n) is 4.97. The van der Waals surface area contributed by atoms with Gasteiger partial charge in [-0.1, -0.05) is 35.9 Å². The van der Waals surface area contributed by atoms with E-state index in [0.29, 0.717) is 57.6 Å². The topological polar surface area (TPSA) is 84.0 Å². The van der Waals surface area contributed by atoms with Crippen molar-refractivity contribution in [2.24, 2.45) is 5.92 Å². The van der Waals surface area contributed by atoms with Crippen molar-refractivity contribution >= 4 is 45.9 Å². The molecule has 0 spiro atoms. The number of nitrogens with zero attached hydrogens (tertiary/aromatic N) is 2. The molecule has 2 aliphatic rings. The maximum absolute atomic E-state index is 13.8. The van der Waals surface area contributed by atoms with E-state index in [9.17, 15) is 18.6 Å². The molecule has 0 bridgehead atoms. The number of hydrogen-bond acceptors (Lipinski definition) is 5. The van der Waals surface area contributed by atoms with Gasteiger partial charge >= 0.3 is 5.97 Å². The van der Waals surface area contributed by atoms with Gasteiger partial charge in [-0.3, -0.25) is 14.4 Å². The number of likely N-dealkylation sites (tertiary alicyclic amines) is 1. The minimum absolute atomic E-state index is 0.185. The molecule has 0 saturated carbocycles. The molecule has 0 N–H and O–H groups in total. The second kappa shape index (κ2) is 11.1. The molecule has 2 heterocycles. The number of anilines is 1. The number of benzene rings is 3. The number of amides is 2. The molecule has 38 heavy (non-hydrogen) atoms. The first-order valence-electron chi connectivity index (χ1n) is 12.5. The first kappa shape index (κ1) is 26.1. The second-order valence-corrected chi connectivity index (χ2v) is 11.2. The molecule has 2 amide bonds. The molecule has 2 atom stereocenters. The molecule has 5 rings (SSSR count). The molecular formula is C29H27ClN2O5S. The van der Waals surface area contributed by atoms with Crippen LogP contribution >= 0.6 is 11.6 Å². The van der Waals surface area contributed by atoms with Crippen LogP contribution < -0.4 is 4.90 Å². The van der Waals surface area contributed by atoms with Crippen molar-refractivity contribution in [2.45, 2.75) is 36.1 Å². The van der Waals surface area contributed by atoms with Crippen LogP contribution in [0.5, 0.6) is 0 Å². The number of hydrogen-bond donors (Lipinski definition) is 0. The molecule has 7 nitrogen and oxygen atoms in total. The molecule has 0 aromatic heterocycles. The van der Waals surface area contributed by atoms with Gasteiger partial charge in [-0.05, 0) is 67.8 Å². The van der Waals surface area contributed by atoms with E-state index >= 15 is 0 Å². The summed E-state index contributed by atoms with van der Waals surface area (Å²) in [7, 11) is -1.63. The zero-order valence-corrected chi connectivity index (χ0v) is 22.5. The number of carbonyl (C=O) groups is 3. The first-order chi connectivity index (χ1) is 18.4. The zero-order valence-electron chi connectivity index (χ0n) is 20.9. The summed E-state index contributed by atoms with van der Waals surface area (Å²) in [5.74, 6) is -1.21. The second-order valence-electron chi connectivity index (χ2n) is 9.31. The van der Waals surface area contributed by atoms with Gasteiger partial charge in [-0.15, -0.1) is 0 Å². The van der Waals surface area contributed by atoms with E-state index < -0.39 is 10.8 Å². The Kier molecular flexibility index (Phi) is 7.63. The largest absolute Gasteiger partial charge is 0.466 e. The van der Waals surface area contributed by atoms with Crippen LogP contribution in [0.15, 0.2) is 76.5 Å². The van der Waals surface area contributed by atoms with Crippen molar-refractivity contribution in [3.05, 3.63) is 88.4 Å². The van der Waals surface area contributed by atoms with Crippen LogP contribution in [-0.2, 0) is 26.9 Å². The lowest BCUT2D eigenvalue weighted by Gasteiger charge is -2.32. The summed E-state index contributed by atoms with van der Waals surface area (Å²) < 4.78 is 18.8. The Hall–Kier alpha value is -3.49. The quantitative estimate of drug-likeness (QED) is 0.414. The van der Waals surface area contributed by atoms with E-state index in [2.05, 4.69) is 0 Å². The fraction of sp³-hybridized carbons (Fsp3) is 0.276. The van der Waals surface area contributed by atoms with E-state index in [1.807, 2.05) is 12.1 Å². The summed E-state index contributed by atoms with van der Waals surface area (Å²) in [5, 5.41) is 0.541. The number of ether oxygens (including phenoxy) is 1. The SMILES string of the molecule is CCOC(=O)C1CCCN(C(=O)c2ccc3c(c2)N(Cc2cccc(Cl)c2)C(=O)c2ccccc2S3=O)C1. The van der Waals surface area contributed by atoms with Gasteiger partial charge in [-0.25, -0.2) is 4.21 Å². The third-order valence-electron chi connectivity index (χ3n) is 6.82. The Morgan fingerprint density at radius 2 is 1.87 bits per heavy atom. The van der Waals surface area contributed by atoms with Crippen LogP contribution in [0.3, 0.4) is 0 Å². The number of esters is 1. The van der Waals surface area contributed by atoms with Crippen LogP contribution in [0.2, 0.25) is 5.02 Å². The molecule has 2 aliphatic heterocycles. The molecule has 3 aromatic rings. The minimum atomic E-state index is -1.63. The molecule has 2 unspecified atom stereocenters. The first-order valence-corrected chi connectivity index (χ1v) is 14.1. The lowest BCUT2D eigenvalue weighted by atomic mass is 9.97. The molecule has 0 aliphatic carbocycles. The third kappa shape index (κ3) is 5.11. The summed E-state index contributed by atoms with van der Waals surface area (Å²) in [4.78, 5) is 43.8. The molecular weight excluding hydrogens is 524 g/mol. The van der Waals surface area contributed by atoms with E-state index in [0.717, 1.165) is 5.56 Å². The Bertz CT molecular complexity index is 1440. The summed E-state index contributed by atoms with van der Waals surface area (Å²) in [6.07, 6.45) is 1.37. The third-order valence-corrected chi connectivity index (χ3v) is 8.55. The van der Waals surface area contributed by atoms with Crippen molar-refractivity contribution in [1.82, 2.24) is 4.90 Å². The monoisotopic (exact) mass is 550 g/mol. The average molecular weight is 551 g/mol. The van der Waals surface area contributed by atoms with Crippen molar-refractivity contribution in [2.75, 3.05) is 24.6 Å². The maximum Gasteiger partial charge on any atom is 0.310 e. The number of halogens is 1. The zero-order chi connectivity index (χ0) is 26.8. The highest BCUT2D eigenvalue weighted by Gasteiger charge is 2.33. The van der Waals surface area contributed by atoms with Gasteiger partial charge in [0.1, 0.15) is 0 Å². The standard InChI is InChI=1S/C29H27ClN2O5S/c1-2-37-29(35)21-8-6-14-31(18-21)27(33)20-12-13-26-24(16-20)32(17-19-7-5-9-22(30)15-19)28(34)23-10-3-4-11-25(23)38(26)36/h3-5,7,9-13,15-16,21H,2,6,8,14,17-18H2,1H3. The highest BCUT2D eigenvalue weighted by Crippen LogP contribution is 2.36. The smallest absolute Gasteiger partial charge is 0.310 e. The van der Waals surface area contributed by atoms with Gasteiger partial charge < -0.3 is 14.5 Å². The van der Waals surface area contributed by atoms with E-state index in [-0.39, 0.29) is 36.8 Å². The molecule has 3 aromatic carbocycles. The highest BCUT2D eigenvalue weighted by molar-refractivity contribution is 7.85. The van der Waals surface area contributed by atoms with Crippen molar-refractivity contribution in [3.8, 4) is 0 Å². The van der Waals surface area contributed by atoms with Gasteiger partial charge in [0.05, 0.1) is 50.9 Å². The Morgan fingerprint density at radius 3 is 2.66 bits per heavy atom. The van der Waals surface area contributed by atoms with E-state index in [4.69, 9.17) is 16.3 Å². The summed E-state index contributed by atoms with van der Waals surface area (Å²) >= 11 is 6.21. The fourth-order valence-corrected chi connectivity index (χ4v) is 6.53. The van der Waals surface area contributed by atoms with Crippen molar-refractivity contribution in [3.63, 3.8) is 0 Å². The van der Waals surface area contributed by atoms with Crippen LogP contribution in [0.25, 0.3) is 0 Å². The number of piperidine rings is 1. The summed E-state index contributed by atoms with van der Waals surface area (Å²) in [5.41, 5.74) is 1.92. The average Bonchev–Trinajstić information content (AvgIpc) is 3.02. The molecule has 9 heteroatoms. The van der Waals surface area contributed by atoms with Gasteiger partial charge in [0, 0.05) is 23.7 Å². The minimum Gasteiger partial charge on any atom is -0.466 e.